The first-order valence-corrected chi connectivity index (χ1v) is 11.7. The average Bonchev–Trinajstić information content (AvgIpc) is 2.85. The molecule has 0 bridgehead atoms. The van der Waals surface area contributed by atoms with Gasteiger partial charge in [0.05, 0.1) is 17.0 Å². The Kier molecular flexibility index (Phi) is 10.3. The third-order valence-electron chi connectivity index (χ3n) is 5.57. The molecule has 0 amide bonds. The van der Waals surface area contributed by atoms with E-state index in [9.17, 15) is 0 Å². The van der Waals surface area contributed by atoms with Crippen LogP contribution in [0.4, 0.5) is 11.5 Å². The highest BCUT2D eigenvalue weighted by Gasteiger charge is 2.19. The number of nitrogens with one attached hydrogen (secondary N) is 4. The van der Waals surface area contributed by atoms with E-state index in [0.29, 0.717) is 17.1 Å². The maximum absolute atomic E-state index is 8.94. The van der Waals surface area contributed by atoms with Gasteiger partial charge >= 0.3 is 0 Å². The van der Waals surface area contributed by atoms with Gasteiger partial charge in [-0.2, -0.15) is 0 Å². The van der Waals surface area contributed by atoms with Gasteiger partial charge in [-0.1, -0.05) is 69.5 Å². The van der Waals surface area contributed by atoms with Crippen molar-refractivity contribution in [2.75, 3.05) is 24.1 Å². The minimum Gasteiger partial charge on any atom is -0.383 e. The van der Waals surface area contributed by atoms with Gasteiger partial charge in [0, 0.05) is 35.7 Å². The molecule has 1 atom stereocenters. The normalized spacial score (nSPS) is 12.4. The quantitative estimate of drug-likeness (QED) is 0.205. The van der Waals surface area contributed by atoms with Crippen LogP contribution < -0.4 is 21.7 Å². The van der Waals surface area contributed by atoms with E-state index in [-0.39, 0.29) is 6.04 Å². The van der Waals surface area contributed by atoms with Crippen molar-refractivity contribution in [3.63, 3.8) is 0 Å². The summed E-state index contributed by atoms with van der Waals surface area (Å²) in [5, 5.41) is 19.2. The first-order valence-electron chi connectivity index (χ1n) is 11.7. The molecular weight excluding hydrogens is 420 g/mol. The zero-order valence-corrected chi connectivity index (χ0v) is 20.8. The number of likely N-dealkylation sites (N-methyl/N-ethyl adjacent to an activating group) is 1. The van der Waals surface area contributed by atoms with Gasteiger partial charge in [-0.25, -0.2) is 4.98 Å². The van der Waals surface area contributed by atoms with Crippen molar-refractivity contribution in [3.8, 4) is 0 Å². The summed E-state index contributed by atoms with van der Waals surface area (Å²) in [4.78, 5) is 4.33. The van der Waals surface area contributed by atoms with Gasteiger partial charge in [0.1, 0.15) is 5.82 Å². The zero-order chi connectivity index (χ0) is 25.1. The van der Waals surface area contributed by atoms with Crippen LogP contribution in [0.5, 0.6) is 0 Å². The molecule has 0 fully saturated rings. The Labute approximate surface area is 204 Å². The maximum Gasteiger partial charge on any atom is 0.134 e. The van der Waals surface area contributed by atoms with Crippen molar-refractivity contribution in [3.05, 3.63) is 95.9 Å². The number of nitrogens with zero attached hydrogens (tertiary/aromatic N) is 1. The van der Waals surface area contributed by atoms with Gasteiger partial charge < -0.3 is 21.7 Å². The van der Waals surface area contributed by atoms with Crippen molar-refractivity contribution >= 4 is 22.9 Å². The van der Waals surface area contributed by atoms with Crippen molar-refractivity contribution in [1.82, 2.24) is 15.6 Å². The predicted molar refractivity (Wildman–Crippen MR) is 147 cm³/mol. The summed E-state index contributed by atoms with van der Waals surface area (Å²) in [6.07, 6.45) is 10.2. The molecule has 0 aliphatic rings. The van der Waals surface area contributed by atoms with E-state index in [1.807, 2.05) is 56.3 Å². The standard InChI is InChI=1S/C28H38N6/c1-7-11-12-23(8-2)33-20(6)21-13-15-22(16-14-21)26(29)25-27(19(5)17-32-28(25)30)34-24(9-3)18-31-10-4/h7-8,11-17,24,29,31,33H,1,6,9-10,18H2,2-5H3,(H3,30,32,34)/b12-11-,23-8+,29-26?. The highest BCUT2D eigenvalue weighted by molar-refractivity contribution is 6.17. The SMILES string of the molecule is C=C/C=C\C(=C/C)NC(=C)c1ccc(C(=N)c2c(N)ncc(C)c2NC(CC)CNCC)cc1. The Morgan fingerprint density at radius 2 is 1.88 bits per heavy atom. The second kappa shape index (κ2) is 13.2. The van der Waals surface area contributed by atoms with Gasteiger partial charge in [-0.05, 0) is 44.0 Å². The minimum atomic E-state index is 0.222. The number of hydrogen-bond donors (Lipinski definition) is 5. The summed E-state index contributed by atoms with van der Waals surface area (Å²) < 4.78 is 0. The Hall–Kier alpha value is -3.64. The van der Waals surface area contributed by atoms with Crippen molar-refractivity contribution in [2.45, 2.75) is 40.2 Å². The minimum absolute atomic E-state index is 0.222. The number of benzene rings is 1. The van der Waals surface area contributed by atoms with E-state index in [1.54, 1.807) is 12.3 Å². The van der Waals surface area contributed by atoms with Crippen LogP contribution >= 0.6 is 0 Å². The van der Waals surface area contributed by atoms with E-state index in [1.165, 1.54) is 0 Å². The summed E-state index contributed by atoms with van der Waals surface area (Å²) in [6.45, 7) is 17.8. The molecule has 0 aliphatic heterocycles. The van der Waals surface area contributed by atoms with Crippen LogP contribution in [0.25, 0.3) is 5.70 Å². The van der Waals surface area contributed by atoms with Crippen molar-refractivity contribution in [2.24, 2.45) is 0 Å². The van der Waals surface area contributed by atoms with Crippen LogP contribution in [0.2, 0.25) is 0 Å². The van der Waals surface area contributed by atoms with Crippen molar-refractivity contribution in [1.29, 1.82) is 5.41 Å². The Bertz CT molecular complexity index is 1060. The van der Waals surface area contributed by atoms with Crippen LogP contribution in [0.3, 0.4) is 0 Å². The topological polar surface area (TPSA) is 98.9 Å². The zero-order valence-electron chi connectivity index (χ0n) is 20.8. The molecule has 2 aromatic rings. The number of anilines is 2. The molecule has 6 N–H and O–H groups in total. The van der Waals surface area contributed by atoms with E-state index >= 15 is 0 Å². The molecule has 180 valence electrons. The fraction of sp³-hybridized carbons (Fsp3) is 0.286. The monoisotopic (exact) mass is 458 g/mol. The summed E-state index contributed by atoms with van der Waals surface area (Å²) in [7, 11) is 0. The van der Waals surface area contributed by atoms with Gasteiger partial charge in [-0.3, -0.25) is 5.41 Å². The fourth-order valence-electron chi connectivity index (χ4n) is 3.49. The lowest BCUT2D eigenvalue weighted by Crippen LogP contribution is -2.33. The van der Waals surface area contributed by atoms with Crippen LogP contribution in [0.15, 0.2) is 73.6 Å². The maximum atomic E-state index is 8.94. The number of nitrogens with two attached hydrogens (primary N) is 1. The number of hydrogen-bond acceptors (Lipinski definition) is 6. The van der Waals surface area contributed by atoms with Gasteiger partial charge in [0.15, 0.2) is 0 Å². The number of aromatic nitrogens is 1. The second-order valence-electron chi connectivity index (χ2n) is 8.03. The first-order chi connectivity index (χ1) is 16.4. The Morgan fingerprint density at radius 1 is 1.21 bits per heavy atom. The van der Waals surface area contributed by atoms with E-state index < -0.39 is 0 Å². The van der Waals surface area contributed by atoms with E-state index in [2.05, 4.69) is 47.9 Å². The third kappa shape index (κ3) is 6.93. The Morgan fingerprint density at radius 3 is 2.47 bits per heavy atom. The largest absolute Gasteiger partial charge is 0.383 e. The van der Waals surface area contributed by atoms with Crippen LogP contribution in [0, 0.1) is 12.3 Å². The molecule has 1 heterocycles. The second-order valence-corrected chi connectivity index (χ2v) is 8.03. The molecule has 0 spiro atoms. The van der Waals surface area contributed by atoms with Gasteiger partial charge in [0.2, 0.25) is 0 Å². The molecule has 34 heavy (non-hydrogen) atoms. The lowest BCUT2D eigenvalue weighted by molar-refractivity contribution is 0.605. The third-order valence-corrected chi connectivity index (χ3v) is 5.57. The number of aryl methyl sites for hydroxylation is 1. The number of nitrogen functional groups attached to an aromatic ring is 1. The summed E-state index contributed by atoms with van der Waals surface area (Å²) >= 11 is 0. The molecule has 0 aliphatic carbocycles. The lowest BCUT2D eigenvalue weighted by Gasteiger charge is -2.23. The van der Waals surface area contributed by atoms with E-state index in [4.69, 9.17) is 11.1 Å². The van der Waals surface area contributed by atoms with Gasteiger partial charge in [0.25, 0.3) is 0 Å². The molecule has 0 saturated heterocycles. The van der Waals surface area contributed by atoms with Crippen LogP contribution in [0.1, 0.15) is 49.4 Å². The summed E-state index contributed by atoms with van der Waals surface area (Å²) in [6, 6.07) is 7.97. The summed E-state index contributed by atoms with van der Waals surface area (Å²) in [5.74, 6) is 0.346. The van der Waals surface area contributed by atoms with Crippen LogP contribution in [-0.4, -0.2) is 29.8 Å². The number of rotatable bonds is 13. The van der Waals surface area contributed by atoms with Crippen LogP contribution in [-0.2, 0) is 0 Å². The first kappa shape index (κ1) is 26.6. The summed E-state index contributed by atoms with van der Waals surface area (Å²) in [5.41, 5.74) is 12.5. The molecule has 2 rings (SSSR count). The number of allylic oxidation sites excluding steroid dienone is 4. The molecule has 6 heteroatoms. The molecule has 1 unspecified atom stereocenters. The lowest BCUT2D eigenvalue weighted by atomic mass is 9.97. The number of pyridine rings is 1. The average molecular weight is 459 g/mol. The van der Waals surface area contributed by atoms with Crippen molar-refractivity contribution < 1.29 is 0 Å². The predicted octanol–water partition coefficient (Wildman–Crippen LogP) is 5.39. The fourth-order valence-corrected chi connectivity index (χ4v) is 3.49. The van der Waals surface area contributed by atoms with Gasteiger partial charge in [-0.15, -0.1) is 0 Å². The molecule has 1 aromatic carbocycles. The molecule has 0 radical (unpaired) electrons. The molecule has 0 saturated carbocycles. The molecular formula is C28H38N6. The molecule has 6 nitrogen and oxygen atoms in total. The smallest absolute Gasteiger partial charge is 0.134 e. The van der Waals surface area contributed by atoms with E-state index in [0.717, 1.165) is 53.3 Å². The molecule has 1 aromatic heterocycles. The highest BCUT2D eigenvalue weighted by atomic mass is 15.0. The highest BCUT2D eigenvalue weighted by Crippen LogP contribution is 2.28. The Balaban J connectivity index is 2.30.